The summed E-state index contributed by atoms with van der Waals surface area (Å²) in [5, 5.41) is 1.47. The van der Waals surface area contributed by atoms with E-state index in [9.17, 15) is 13.2 Å². The molecule has 15 heavy (non-hydrogen) atoms. The quantitative estimate of drug-likeness (QED) is 0.353. The van der Waals surface area contributed by atoms with Gasteiger partial charge in [-0.25, -0.2) is 13.1 Å². The van der Waals surface area contributed by atoms with Crippen LogP contribution >= 0.6 is 11.3 Å². The van der Waals surface area contributed by atoms with Gasteiger partial charge in [0.05, 0.1) is 0 Å². The third-order valence-corrected chi connectivity index (χ3v) is 4.10. The van der Waals surface area contributed by atoms with Crippen LogP contribution in [0.25, 0.3) is 5.53 Å². The Morgan fingerprint density at radius 1 is 1.67 bits per heavy atom. The first-order valence-corrected chi connectivity index (χ1v) is 6.12. The third-order valence-electron chi connectivity index (χ3n) is 1.59. The van der Waals surface area contributed by atoms with Crippen molar-refractivity contribution < 1.29 is 18.0 Å². The first-order chi connectivity index (χ1) is 7.03. The zero-order valence-electron chi connectivity index (χ0n) is 7.67. The molecule has 1 heterocycles. The van der Waals surface area contributed by atoms with E-state index in [4.69, 9.17) is 5.53 Å². The SMILES string of the molecule is CNS(=O)(=O)c1ccsc1C(=O)C=[N+]=[N-]. The largest absolute Gasteiger partial charge is 0.361 e. The maximum atomic E-state index is 11.4. The average Bonchev–Trinajstić information content (AvgIpc) is 2.67. The molecule has 0 aliphatic heterocycles. The molecule has 0 radical (unpaired) electrons. The van der Waals surface area contributed by atoms with Crippen molar-refractivity contribution in [3.8, 4) is 0 Å². The first kappa shape index (κ1) is 11.7. The smallest absolute Gasteiger partial charge is 0.328 e. The van der Waals surface area contributed by atoms with E-state index in [0.29, 0.717) is 6.21 Å². The molecule has 80 valence electrons. The van der Waals surface area contributed by atoms with Crippen LogP contribution in [0.15, 0.2) is 16.3 Å². The van der Waals surface area contributed by atoms with Gasteiger partial charge in [0, 0.05) is 0 Å². The molecule has 0 aromatic carbocycles. The normalized spacial score (nSPS) is 10.7. The first-order valence-electron chi connectivity index (χ1n) is 3.75. The maximum absolute atomic E-state index is 11.4. The standard InChI is InChI=1S/C7H7N3O3S2/c1-9-15(12,13)6-2-3-14-7(6)5(11)4-10-8/h2-4,9H,1H3. The number of thiophene rings is 1. The highest BCUT2D eigenvalue weighted by molar-refractivity contribution is 7.89. The lowest BCUT2D eigenvalue weighted by Crippen LogP contribution is -2.20. The zero-order valence-corrected chi connectivity index (χ0v) is 9.30. The lowest BCUT2D eigenvalue weighted by atomic mass is 10.3. The molecule has 1 aromatic heterocycles. The summed E-state index contributed by atoms with van der Waals surface area (Å²) in [5.41, 5.74) is 8.17. The van der Waals surface area contributed by atoms with Gasteiger partial charge in [0.25, 0.3) is 5.78 Å². The second-order valence-corrected chi connectivity index (χ2v) is 5.20. The Kier molecular flexibility index (Phi) is 3.48. The highest BCUT2D eigenvalue weighted by atomic mass is 32.2. The van der Waals surface area contributed by atoms with Crippen molar-refractivity contribution in [2.75, 3.05) is 7.05 Å². The van der Waals surface area contributed by atoms with Crippen LogP contribution in [0.5, 0.6) is 0 Å². The molecule has 0 aliphatic rings. The third kappa shape index (κ3) is 2.37. The summed E-state index contributed by atoms with van der Waals surface area (Å²) in [7, 11) is -2.40. The van der Waals surface area contributed by atoms with Crippen molar-refractivity contribution in [1.29, 1.82) is 0 Å². The average molecular weight is 245 g/mol. The van der Waals surface area contributed by atoms with Gasteiger partial charge in [0.1, 0.15) is 9.77 Å². The number of nitrogens with one attached hydrogen (secondary N) is 1. The molecule has 0 aliphatic carbocycles. The summed E-state index contributed by atoms with van der Waals surface area (Å²) in [6.45, 7) is 0. The number of Topliss-reactive ketones (excluding diaryl/α,β-unsaturated/α-hetero) is 1. The van der Waals surface area contributed by atoms with E-state index >= 15 is 0 Å². The van der Waals surface area contributed by atoms with E-state index < -0.39 is 15.8 Å². The van der Waals surface area contributed by atoms with Crippen LogP contribution in [-0.4, -0.2) is 32.3 Å². The Bertz CT molecular complexity index is 525. The molecule has 6 nitrogen and oxygen atoms in total. The fourth-order valence-electron chi connectivity index (χ4n) is 0.910. The number of sulfonamides is 1. The molecule has 0 atom stereocenters. The summed E-state index contributed by atoms with van der Waals surface area (Å²) >= 11 is 0.969. The summed E-state index contributed by atoms with van der Waals surface area (Å²) in [5.74, 6) is -0.652. The summed E-state index contributed by atoms with van der Waals surface area (Å²) < 4.78 is 25.0. The number of rotatable bonds is 4. The zero-order chi connectivity index (χ0) is 11.5. The Labute approximate surface area is 90.2 Å². The topological polar surface area (TPSA) is 99.6 Å². The Morgan fingerprint density at radius 2 is 2.33 bits per heavy atom. The maximum Gasteiger partial charge on any atom is 0.328 e. The van der Waals surface area contributed by atoms with Crippen molar-refractivity contribution in [3.05, 3.63) is 21.9 Å². The van der Waals surface area contributed by atoms with Crippen molar-refractivity contribution in [3.63, 3.8) is 0 Å². The highest BCUT2D eigenvalue weighted by Gasteiger charge is 2.23. The molecule has 0 saturated heterocycles. The monoisotopic (exact) mass is 245 g/mol. The van der Waals surface area contributed by atoms with Crippen LogP contribution < -0.4 is 4.72 Å². The second-order valence-electron chi connectivity index (χ2n) is 2.43. The second kappa shape index (κ2) is 4.45. The number of carbonyl (C=O) groups is 1. The fraction of sp³-hybridized carbons (Fsp3) is 0.143. The van der Waals surface area contributed by atoms with E-state index in [1.165, 1.54) is 18.5 Å². The molecule has 1 N–H and O–H groups in total. The van der Waals surface area contributed by atoms with Gasteiger partial charge in [-0.3, -0.25) is 4.79 Å². The number of ketones is 1. The van der Waals surface area contributed by atoms with Gasteiger partial charge in [0.15, 0.2) is 0 Å². The van der Waals surface area contributed by atoms with Gasteiger partial charge in [-0.15, -0.1) is 11.3 Å². The molecule has 8 heteroatoms. The number of carbonyl (C=O) groups excluding carboxylic acids is 1. The minimum atomic E-state index is -3.65. The lowest BCUT2D eigenvalue weighted by Gasteiger charge is -1.99. The molecular formula is C7H7N3O3S2. The molecule has 0 unspecified atom stereocenters. The van der Waals surface area contributed by atoms with Gasteiger partial charge >= 0.3 is 6.21 Å². The van der Waals surface area contributed by atoms with Gasteiger partial charge in [-0.2, -0.15) is 4.79 Å². The van der Waals surface area contributed by atoms with Crippen LogP contribution in [0, 0.1) is 0 Å². The number of hydrogen-bond acceptors (Lipinski definition) is 4. The molecule has 0 saturated carbocycles. The molecule has 1 aromatic rings. The van der Waals surface area contributed by atoms with Crippen molar-refractivity contribution in [2.45, 2.75) is 4.90 Å². The van der Waals surface area contributed by atoms with E-state index in [0.717, 1.165) is 11.3 Å². The van der Waals surface area contributed by atoms with E-state index in [2.05, 4.69) is 9.51 Å². The molecule has 0 amide bonds. The molecule has 0 spiro atoms. The summed E-state index contributed by atoms with van der Waals surface area (Å²) in [6.07, 6.45) is 0.653. The van der Waals surface area contributed by atoms with Crippen LogP contribution in [0.2, 0.25) is 0 Å². The lowest BCUT2D eigenvalue weighted by molar-refractivity contribution is 0.00236. The molecule has 1 rings (SSSR count). The Morgan fingerprint density at radius 3 is 2.87 bits per heavy atom. The van der Waals surface area contributed by atoms with Crippen LogP contribution in [0.4, 0.5) is 0 Å². The van der Waals surface area contributed by atoms with Gasteiger partial charge < -0.3 is 5.53 Å². The number of nitrogens with zero attached hydrogens (tertiary/aromatic N) is 2. The van der Waals surface area contributed by atoms with Crippen LogP contribution in [-0.2, 0) is 10.0 Å². The molecule has 0 bridgehead atoms. The minimum Gasteiger partial charge on any atom is -0.361 e. The van der Waals surface area contributed by atoms with Gasteiger partial charge in [-0.1, -0.05) is 0 Å². The van der Waals surface area contributed by atoms with Gasteiger partial charge in [0.2, 0.25) is 10.0 Å². The van der Waals surface area contributed by atoms with Crippen LogP contribution in [0.3, 0.4) is 0 Å². The minimum absolute atomic E-state index is 0.0159. The van der Waals surface area contributed by atoms with Crippen LogP contribution in [0.1, 0.15) is 9.67 Å². The number of hydrogen-bond donors (Lipinski definition) is 1. The highest BCUT2D eigenvalue weighted by Crippen LogP contribution is 2.21. The predicted molar refractivity (Wildman–Crippen MR) is 54.6 cm³/mol. The Balaban J connectivity index is 3.30. The van der Waals surface area contributed by atoms with Crippen molar-refractivity contribution in [2.24, 2.45) is 0 Å². The molecular weight excluding hydrogens is 238 g/mol. The summed E-state index contributed by atoms with van der Waals surface area (Å²) in [4.78, 5) is 13.8. The van der Waals surface area contributed by atoms with E-state index in [-0.39, 0.29) is 9.77 Å². The summed E-state index contributed by atoms with van der Waals surface area (Å²) in [6, 6.07) is 1.31. The fourth-order valence-corrected chi connectivity index (χ4v) is 2.97. The van der Waals surface area contributed by atoms with Crippen molar-refractivity contribution >= 4 is 33.4 Å². The Hall–Kier alpha value is -1.34. The predicted octanol–water partition coefficient (Wildman–Crippen LogP) is 0.140. The van der Waals surface area contributed by atoms with Crippen molar-refractivity contribution in [1.82, 2.24) is 4.72 Å². The van der Waals surface area contributed by atoms with E-state index in [1.807, 2.05) is 0 Å². The van der Waals surface area contributed by atoms with Gasteiger partial charge in [-0.05, 0) is 18.5 Å². The molecule has 0 fully saturated rings. The van der Waals surface area contributed by atoms with E-state index in [1.54, 1.807) is 0 Å².